The Hall–Kier alpha value is -3.94. The number of rotatable bonds is 8. The van der Waals surface area contributed by atoms with Crippen LogP contribution < -0.4 is 10.2 Å². The summed E-state index contributed by atoms with van der Waals surface area (Å²) in [6.45, 7) is 2.78. The lowest BCUT2D eigenvalue weighted by Gasteiger charge is -2.27. The zero-order valence-corrected chi connectivity index (χ0v) is 19.8. The number of amides is 3. The summed E-state index contributed by atoms with van der Waals surface area (Å²) in [6.07, 6.45) is 4.78. The first-order chi connectivity index (χ1) is 16.8. The molecule has 2 aliphatic rings. The maximum Gasteiger partial charge on any atom is 0.326 e. The van der Waals surface area contributed by atoms with Crippen LogP contribution in [0.4, 0.5) is 17.1 Å². The fourth-order valence-electron chi connectivity index (χ4n) is 4.53. The van der Waals surface area contributed by atoms with Gasteiger partial charge in [-0.1, -0.05) is 30.4 Å². The fraction of sp³-hybridized carbons (Fsp3) is 0.333. The van der Waals surface area contributed by atoms with Gasteiger partial charge in [-0.05, 0) is 63.1 Å². The third kappa shape index (κ3) is 5.42. The van der Waals surface area contributed by atoms with Gasteiger partial charge in [-0.25, -0.2) is 0 Å². The number of anilines is 3. The largest absolute Gasteiger partial charge is 0.454 e. The average Bonchev–Trinajstić information content (AvgIpc) is 3.09. The first-order valence-electron chi connectivity index (χ1n) is 11.7. The van der Waals surface area contributed by atoms with Crippen molar-refractivity contribution in [3.8, 4) is 0 Å². The molecule has 182 valence electrons. The summed E-state index contributed by atoms with van der Waals surface area (Å²) in [4.78, 5) is 52.9. The van der Waals surface area contributed by atoms with E-state index in [2.05, 4.69) is 5.32 Å². The number of para-hydroxylation sites is 1. The molecule has 35 heavy (non-hydrogen) atoms. The van der Waals surface area contributed by atoms with Crippen LogP contribution in [-0.4, -0.2) is 47.8 Å². The standard InChI is InChI=1S/C27H29N3O5/c1-18(2)30(21-14-12-20(13-15-21)28-19-8-4-3-5-9-19)24(31)17-35-25(32)16-29-26(33)22-10-6-7-11-23(22)27(29)34/h3-9,12-15,18,22-23,28H,10-11,16-17H2,1-2H3. The van der Waals surface area contributed by atoms with Crippen LogP contribution >= 0.6 is 0 Å². The summed E-state index contributed by atoms with van der Waals surface area (Å²) in [6, 6.07) is 17.0. The number of carbonyl (C=O) groups excluding carboxylic acids is 4. The van der Waals surface area contributed by atoms with Gasteiger partial charge >= 0.3 is 5.97 Å². The van der Waals surface area contributed by atoms with Crippen molar-refractivity contribution in [1.29, 1.82) is 0 Å². The molecule has 8 heteroatoms. The zero-order valence-electron chi connectivity index (χ0n) is 19.8. The number of imide groups is 1. The summed E-state index contributed by atoms with van der Waals surface area (Å²) >= 11 is 0. The summed E-state index contributed by atoms with van der Waals surface area (Å²) < 4.78 is 5.17. The van der Waals surface area contributed by atoms with Crippen molar-refractivity contribution in [1.82, 2.24) is 4.90 Å². The van der Waals surface area contributed by atoms with E-state index >= 15 is 0 Å². The molecule has 1 fully saturated rings. The third-order valence-electron chi connectivity index (χ3n) is 6.24. The van der Waals surface area contributed by atoms with E-state index in [0.29, 0.717) is 18.5 Å². The van der Waals surface area contributed by atoms with Gasteiger partial charge in [0.25, 0.3) is 5.91 Å². The van der Waals surface area contributed by atoms with Crippen molar-refractivity contribution in [2.45, 2.75) is 32.7 Å². The number of carbonyl (C=O) groups is 4. The highest BCUT2D eigenvalue weighted by Crippen LogP contribution is 2.34. The lowest BCUT2D eigenvalue weighted by molar-refractivity contribution is -0.154. The van der Waals surface area contributed by atoms with Gasteiger partial charge in [0.15, 0.2) is 6.61 Å². The lowest BCUT2D eigenvalue weighted by atomic mass is 9.85. The minimum Gasteiger partial charge on any atom is -0.454 e. The van der Waals surface area contributed by atoms with Gasteiger partial charge in [-0.3, -0.25) is 24.1 Å². The van der Waals surface area contributed by atoms with Gasteiger partial charge in [0.1, 0.15) is 6.54 Å². The molecule has 8 nitrogen and oxygen atoms in total. The van der Waals surface area contributed by atoms with Crippen LogP contribution in [0, 0.1) is 11.8 Å². The number of fused-ring (bicyclic) bond motifs is 1. The van der Waals surface area contributed by atoms with E-state index < -0.39 is 36.9 Å². The number of nitrogens with zero attached hydrogens (tertiary/aromatic N) is 2. The average molecular weight is 476 g/mol. The lowest BCUT2D eigenvalue weighted by Crippen LogP contribution is -2.41. The molecule has 3 amide bonds. The number of benzene rings is 2. The van der Waals surface area contributed by atoms with Crippen molar-refractivity contribution in [3.63, 3.8) is 0 Å². The maximum absolute atomic E-state index is 12.9. The van der Waals surface area contributed by atoms with E-state index in [1.54, 1.807) is 4.90 Å². The molecule has 2 atom stereocenters. The monoisotopic (exact) mass is 475 g/mol. The fourth-order valence-corrected chi connectivity index (χ4v) is 4.53. The second-order valence-electron chi connectivity index (χ2n) is 8.97. The highest BCUT2D eigenvalue weighted by atomic mass is 16.5. The highest BCUT2D eigenvalue weighted by Gasteiger charge is 2.47. The Morgan fingerprint density at radius 2 is 1.51 bits per heavy atom. The second kappa shape index (κ2) is 10.5. The Balaban J connectivity index is 1.34. The normalized spacial score (nSPS) is 19.0. The van der Waals surface area contributed by atoms with Crippen molar-refractivity contribution < 1.29 is 23.9 Å². The van der Waals surface area contributed by atoms with E-state index in [4.69, 9.17) is 4.74 Å². The zero-order chi connectivity index (χ0) is 24.9. The van der Waals surface area contributed by atoms with Crippen LogP contribution in [0.3, 0.4) is 0 Å². The van der Waals surface area contributed by atoms with Gasteiger partial charge in [-0.2, -0.15) is 0 Å². The Labute approximate surface area is 204 Å². The molecule has 0 saturated carbocycles. The van der Waals surface area contributed by atoms with Crippen molar-refractivity contribution in [2.75, 3.05) is 23.4 Å². The van der Waals surface area contributed by atoms with E-state index in [1.807, 2.05) is 80.6 Å². The minimum absolute atomic E-state index is 0.175. The molecule has 0 aromatic heterocycles. The smallest absolute Gasteiger partial charge is 0.326 e. The number of nitrogens with one attached hydrogen (secondary N) is 1. The predicted octanol–water partition coefficient (Wildman–Crippen LogP) is 3.67. The number of hydrogen-bond donors (Lipinski definition) is 1. The number of esters is 1. The summed E-state index contributed by atoms with van der Waals surface area (Å²) in [5.74, 6) is -2.68. The van der Waals surface area contributed by atoms with Crippen LogP contribution in [0.25, 0.3) is 0 Å². The minimum atomic E-state index is -0.780. The molecule has 1 aliphatic heterocycles. The number of allylic oxidation sites excluding steroid dienone is 2. The molecule has 2 unspecified atom stereocenters. The molecule has 0 radical (unpaired) electrons. The Bertz CT molecular complexity index is 1100. The van der Waals surface area contributed by atoms with E-state index in [9.17, 15) is 19.2 Å². The van der Waals surface area contributed by atoms with Gasteiger partial charge in [0.05, 0.1) is 11.8 Å². The van der Waals surface area contributed by atoms with Gasteiger partial charge < -0.3 is 15.0 Å². The number of likely N-dealkylation sites (tertiary alicyclic amines) is 1. The van der Waals surface area contributed by atoms with Gasteiger partial charge in [-0.15, -0.1) is 0 Å². The second-order valence-corrected chi connectivity index (χ2v) is 8.97. The van der Waals surface area contributed by atoms with Crippen molar-refractivity contribution in [3.05, 3.63) is 66.7 Å². The Kier molecular flexibility index (Phi) is 7.29. The molecule has 0 bridgehead atoms. The van der Waals surface area contributed by atoms with Gasteiger partial charge in [0, 0.05) is 23.1 Å². The van der Waals surface area contributed by atoms with Crippen LogP contribution in [0.5, 0.6) is 0 Å². The highest BCUT2D eigenvalue weighted by molar-refractivity contribution is 6.07. The first-order valence-corrected chi connectivity index (χ1v) is 11.7. The van der Waals surface area contributed by atoms with E-state index in [-0.39, 0.29) is 17.9 Å². The van der Waals surface area contributed by atoms with Crippen molar-refractivity contribution >= 4 is 40.8 Å². The summed E-state index contributed by atoms with van der Waals surface area (Å²) in [5, 5.41) is 3.29. The Morgan fingerprint density at radius 3 is 2.09 bits per heavy atom. The topological polar surface area (TPSA) is 96.0 Å². The van der Waals surface area contributed by atoms with Crippen molar-refractivity contribution in [2.24, 2.45) is 11.8 Å². The summed E-state index contributed by atoms with van der Waals surface area (Å²) in [7, 11) is 0. The Morgan fingerprint density at radius 1 is 0.943 bits per heavy atom. The molecule has 1 N–H and O–H groups in total. The molecular weight excluding hydrogens is 446 g/mol. The van der Waals surface area contributed by atoms with Crippen LogP contribution in [0.2, 0.25) is 0 Å². The number of ether oxygens (including phenoxy) is 1. The molecule has 1 aliphatic carbocycles. The molecule has 1 saturated heterocycles. The van der Waals surface area contributed by atoms with E-state index in [0.717, 1.165) is 16.3 Å². The molecular formula is C27H29N3O5. The van der Waals surface area contributed by atoms with Gasteiger partial charge in [0.2, 0.25) is 11.8 Å². The quantitative estimate of drug-likeness (QED) is 0.356. The molecule has 2 aromatic carbocycles. The SMILES string of the molecule is CC(C)N(C(=O)COC(=O)CN1C(=O)C2CC=CCC2C1=O)c1ccc(Nc2ccccc2)cc1. The van der Waals surface area contributed by atoms with Crippen LogP contribution in [0.1, 0.15) is 26.7 Å². The molecule has 2 aromatic rings. The first kappa shape index (κ1) is 24.2. The number of hydrogen-bond acceptors (Lipinski definition) is 6. The maximum atomic E-state index is 12.9. The molecule has 0 spiro atoms. The summed E-state index contributed by atoms with van der Waals surface area (Å²) in [5.41, 5.74) is 2.49. The predicted molar refractivity (Wildman–Crippen MR) is 132 cm³/mol. The van der Waals surface area contributed by atoms with Crippen LogP contribution in [-0.2, 0) is 23.9 Å². The van der Waals surface area contributed by atoms with Crippen LogP contribution in [0.15, 0.2) is 66.7 Å². The molecule has 1 heterocycles. The molecule has 4 rings (SSSR count). The van der Waals surface area contributed by atoms with E-state index in [1.165, 1.54) is 0 Å². The third-order valence-corrected chi connectivity index (χ3v) is 6.24.